The predicted octanol–water partition coefficient (Wildman–Crippen LogP) is 1.31. The molecule has 0 aromatic heterocycles. The Morgan fingerprint density at radius 2 is 1.95 bits per heavy atom. The number of nitrogens with zero attached hydrogens (tertiary/aromatic N) is 1. The van der Waals surface area contributed by atoms with E-state index in [-0.39, 0.29) is 23.8 Å². The van der Waals surface area contributed by atoms with E-state index in [1.165, 1.54) is 0 Å². The molecule has 1 atom stereocenters. The molecule has 0 bridgehead atoms. The van der Waals surface area contributed by atoms with Crippen molar-refractivity contribution >= 4 is 29.5 Å². The molecule has 0 radical (unpaired) electrons. The molecule has 124 valence electrons. The molecule has 0 aromatic rings. The first kappa shape index (κ1) is 17.1. The van der Waals surface area contributed by atoms with Gasteiger partial charge in [-0.2, -0.15) is 0 Å². The molecule has 1 aliphatic carbocycles. The molecule has 0 spiro atoms. The lowest BCUT2D eigenvalue weighted by atomic mass is 9.91. The predicted molar refractivity (Wildman–Crippen MR) is 84.3 cm³/mol. The summed E-state index contributed by atoms with van der Waals surface area (Å²) < 4.78 is 0. The summed E-state index contributed by atoms with van der Waals surface area (Å²) in [5.74, 6) is -0.00940. The number of nitrogens with one attached hydrogen (secondary N) is 1. The summed E-state index contributed by atoms with van der Waals surface area (Å²) in [5.41, 5.74) is -0.894. The van der Waals surface area contributed by atoms with E-state index in [4.69, 9.17) is 5.11 Å². The van der Waals surface area contributed by atoms with Gasteiger partial charge in [0.2, 0.25) is 11.8 Å². The number of amides is 2. The summed E-state index contributed by atoms with van der Waals surface area (Å²) in [6.07, 6.45) is 1.61. The lowest BCUT2D eigenvalue weighted by molar-refractivity contribution is -0.144. The Kier molecular flexibility index (Phi) is 4.75. The van der Waals surface area contributed by atoms with Gasteiger partial charge in [0, 0.05) is 18.7 Å². The quantitative estimate of drug-likeness (QED) is 0.794. The molecule has 6 nitrogen and oxygen atoms in total. The number of aliphatic carboxylic acids is 1. The molecular formula is C15H24N2O4S. The van der Waals surface area contributed by atoms with E-state index in [1.54, 1.807) is 16.7 Å². The van der Waals surface area contributed by atoms with Crippen LogP contribution in [-0.4, -0.2) is 52.0 Å². The van der Waals surface area contributed by atoms with Crippen molar-refractivity contribution in [3.63, 3.8) is 0 Å². The molecule has 2 aliphatic rings. The van der Waals surface area contributed by atoms with Crippen molar-refractivity contribution in [2.24, 2.45) is 10.8 Å². The van der Waals surface area contributed by atoms with Gasteiger partial charge in [-0.25, -0.2) is 0 Å². The summed E-state index contributed by atoms with van der Waals surface area (Å²) in [6.45, 7) is 6.14. The largest absolute Gasteiger partial charge is 0.481 e. The SMILES string of the molecule is CC(C)(C)CC(=O)N1CSCC1C(=O)NCC1(C(=O)O)CC1. The van der Waals surface area contributed by atoms with Gasteiger partial charge in [0.25, 0.3) is 0 Å². The number of hydrogen-bond acceptors (Lipinski definition) is 4. The molecule has 2 fully saturated rings. The Labute approximate surface area is 135 Å². The third-order valence-electron chi connectivity index (χ3n) is 4.10. The number of carboxylic acid groups (broad SMARTS) is 1. The van der Waals surface area contributed by atoms with Crippen LogP contribution in [-0.2, 0) is 14.4 Å². The van der Waals surface area contributed by atoms with Gasteiger partial charge < -0.3 is 15.3 Å². The molecule has 0 aromatic carbocycles. The second-order valence-electron chi connectivity index (χ2n) is 7.42. The fourth-order valence-electron chi connectivity index (χ4n) is 2.45. The van der Waals surface area contributed by atoms with Gasteiger partial charge in [-0.05, 0) is 18.3 Å². The number of carboxylic acids is 1. The first-order chi connectivity index (χ1) is 10.1. The highest BCUT2D eigenvalue weighted by Crippen LogP contribution is 2.45. The number of carbonyl (C=O) groups is 3. The first-order valence-electron chi connectivity index (χ1n) is 7.53. The second kappa shape index (κ2) is 6.10. The molecule has 1 heterocycles. The van der Waals surface area contributed by atoms with Crippen LogP contribution in [0.5, 0.6) is 0 Å². The average molecular weight is 328 g/mol. The number of hydrogen-bond donors (Lipinski definition) is 2. The minimum absolute atomic E-state index is 0.0166. The standard InChI is InChI=1S/C15H24N2O4S/c1-14(2,3)6-11(18)17-9-22-7-10(17)12(19)16-8-15(4-5-15)13(20)21/h10H,4-9H2,1-3H3,(H,16,19)(H,20,21). The van der Waals surface area contributed by atoms with Crippen LogP contribution in [0.3, 0.4) is 0 Å². The monoisotopic (exact) mass is 328 g/mol. The number of rotatable bonds is 5. The van der Waals surface area contributed by atoms with Crippen LogP contribution in [0.4, 0.5) is 0 Å². The zero-order valence-electron chi connectivity index (χ0n) is 13.3. The minimum Gasteiger partial charge on any atom is -0.481 e. The second-order valence-corrected chi connectivity index (χ2v) is 8.42. The Morgan fingerprint density at radius 1 is 1.32 bits per heavy atom. The maximum absolute atomic E-state index is 12.3. The van der Waals surface area contributed by atoms with Crippen LogP contribution in [0.1, 0.15) is 40.0 Å². The van der Waals surface area contributed by atoms with Gasteiger partial charge in [0.15, 0.2) is 0 Å². The minimum atomic E-state index is -0.853. The zero-order chi connectivity index (χ0) is 16.5. The van der Waals surface area contributed by atoms with E-state index >= 15 is 0 Å². The Hall–Kier alpha value is -1.24. The molecule has 22 heavy (non-hydrogen) atoms. The molecule has 1 saturated carbocycles. The fourth-order valence-corrected chi connectivity index (χ4v) is 3.63. The highest BCUT2D eigenvalue weighted by molar-refractivity contribution is 7.99. The van der Waals surface area contributed by atoms with E-state index in [9.17, 15) is 14.4 Å². The normalized spacial score (nSPS) is 23.2. The smallest absolute Gasteiger partial charge is 0.311 e. The summed E-state index contributed by atoms with van der Waals surface area (Å²) in [6, 6.07) is -0.482. The van der Waals surface area contributed by atoms with Gasteiger partial charge in [-0.15, -0.1) is 11.8 Å². The summed E-state index contributed by atoms with van der Waals surface area (Å²) in [7, 11) is 0. The van der Waals surface area contributed by atoms with Crippen molar-refractivity contribution < 1.29 is 19.5 Å². The fraction of sp³-hybridized carbons (Fsp3) is 0.800. The van der Waals surface area contributed by atoms with Crippen molar-refractivity contribution in [1.29, 1.82) is 0 Å². The summed E-state index contributed by atoms with van der Waals surface area (Å²) >= 11 is 1.56. The lowest BCUT2D eigenvalue weighted by Gasteiger charge is -2.27. The van der Waals surface area contributed by atoms with Crippen molar-refractivity contribution in [2.45, 2.75) is 46.1 Å². The number of thioether (sulfide) groups is 1. The van der Waals surface area contributed by atoms with Crippen LogP contribution < -0.4 is 5.32 Å². The van der Waals surface area contributed by atoms with Gasteiger partial charge >= 0.3 is 5.97 Å². The van der Waals surface area contributed by atoms with Gasteiger partial charge in [0.1, 0.15) is 6.04 Å². The van der Waals surface area contributed by atoms with Crippen LogP contribution in [0.15, 0.2) is 0 Å². The molecular weight excluding hydrogens is 304 g/mol. The highest BCUT2D eigenvalue weighted by Gasteiger charge is 2.50. The van der Waals surface area contributed by atoms with E-state index < -0.39 is 17.4 Å². The average Bonchev–Trinajstić information content (AvgIpc) is 3.02. The Morgan fingerprint density at radius 3 is 2.45 bits per heavy atom. The van der Waals surface area contributed by atoms with Gasteiger partial charge in [-0.3, -0.25) is 14.4 Å². The van der Waals surface area contributed by atoms with Crippen LogP contribution >= 0.6 is 11.8 Å². The van der Waals surface area contributed by atoms with Crippen molar-refractivity contribution in [1.82, 2.24) is 10.2 Å². The topological polar surface area (TPSA) is 86.7 Å². The molecule has 1 saturated heterocycles. The van der Waals surface area contributed by atoms with Gasteiger partial charge in [0.05, 0.1) is 11.3 Å². The van der Waals surface area contributed by atoms with Crippen LogP contribution in [0.2, 0.25) is 0 Å². The highest BCUT2D eigenvalue weighted by atomic mass is 32.2. The van der Waals surface area contributed by atoms with Crippen LogP contribution in [0.25, 0.3) is 0 Å². The Bertz CT molecular complexity index is 482. The molecule has 2 rings (SSSR count). The first-order valence-corrected chi connectivity index (χ1v) is 8.68. The van der Waals surface area contributed by atoms with Crippen molar-refractivity contribution in [3.05, 3.63) is 0 Å². The Balaban J connectivity index is 1.91. The molecule has 7 heteroatoms. The lowest BCUT2D eigenvalue weighted by Crippen LogP contribution is -2.49. The maximum atomic E-state index is 12.3. The van der Waals surface area contributed by atoms with E-state index in [0.29, 0.717) is 30.9 Å². The molecule has 2 amide bonds. The summed E-state index contributed by atoms with van der Waals surface area (Å²) in [5, 5.41) is 11.9. The molecule has 2 N–H and O–H groups in total. The summed E-state index contributed by atoms with van der Waals surface area (Å²) in [4.78, 5) is 37.4. The maximum Gasteiger partial charge on any atom is 0.311 e. The van der Waals surface area contributed by atoms with Gasteiger partial charge in [-0.1, -0.05) is 20.8 Å². The third-order valence-corrected chi connectivity index (χ3v) is 5.11. The molecule has 1 aliphatic heterocycles. The zero-order valence-corrected chi connectivity index (χ0v) is 14.2. The van der Waals surface area contributed by atoms with Crippen LogP contribution in [0, 0.1) is 10.8 Å². The molecule has 1 unspecified atom stereocenters. The number of carbonyl (C=O) groups excluding carboxylic acids is 2. The van der Waals surface area contributed by atoms with Crippen molar-refractivity contribution in [3.8, 4) is 0 Å². The van der Waals surface area contributed by atoms with E-state index in [1.807, 2.05) is 20.8 Å². The van der Waals surface area contributed by atoms with Crippen molar-refractivity contribution in [2.75, 3.05) is 18.2 Å². The van der Waals surface area contributed by atoms with E-state index in [0.717, 1.165) is 0 Å². The van der Waals surface area contributed by atoms with E-state index in [2.05, 4.69) is 5.32 Å². The third kappa shape index (κ3) is 3.94.